The summed E-state index contributed by atoms with van der Waals surface area (Å²) < 4.78 is 0.972. The molecule has 14 heavy (non-hydrogen) atoms. The third-order valence-electron chi connectivity index (χ3n) is 1.73. The Bertz CT molecular complexity index is 318. The minimum absolute atomic E-state index is 0.0444. The van der Waals surface area contributed by atoms with Crippen LogP contribution in [0, 0.1) is 6.92 Å². The molecule has 1 rings (SSSR count). The van der Waals surface area contributed by atoms with Crippen molar-refractivity contribution in [2.75, 3.05) is 6.61 Å². The van der Waals surface area contributed by atoms with Gasteiger partial charge in [0.15, 0.2) is 0 Å². The number of carbonyl (C=O) groups is 1. The molecule has 1 heterocycles. The summed E-state index contributed by atoms with van der Waals surface area (Å²) in [6.45, 7) is 3.65. The second-order valence-corrected chi connectivity index (χ2v) is 5.49. The first kappa shape index (κ1) is 11.7. The minimum atomic E-state index is -0.205. The number of hydrogen-bond acceptors (Lipinski definition) is 3. The van der Waals surface area contributed by atoms with Crippen LogP contribution < -0.4 is 5.32 Å². The van der Waals surface area contributed by atoms with Crippen molar-refractivity contribution in [3.8, 4) is 0 Å². The van der Waals surface area contributed by atoms with Gasteiger partial charge < -0.3 is 10.4 Å². The highest BCUT2D eigenvalue weighted by atomic mass is 79.9. The predicted molar refractivity (Wildman–Crippen MR) is 60.8 cm³/mol. The van der Waals surface area contributed by atoms with Crippen molar-refractivity contribution in [3.63, 3.8) is 0 Å². The number of rotatable bonds is 3. The Morgan fingerprint density at radius 1 is 1.79 bits per heavy atom. The topological polar surface area (TPSA) is 49.3 Å². The molecule has 0 unspecified atom stereocenters. The normalized spacial score (nSPS) is 12.6. The van der Waals surface area contributed by atoms with Crippen molar-refractivity contribution in [1.82, 2.24) is 5.32 Å². The molecule has 0 aliphatic heterocycles. The fourth-order valence-electron chi connectivity index (χ4n) is 0.912. The van der Waals surface area contributed by atoms with Gasteiger partial charge in [-0.1, -0.05) is 0 Å². The third-order valence-corrected chi connectivity index (χ3v) is 3.87. The Kier molecular flexibility index (Phi) is 4.10. The van der Waals surface area contributed by atoms with Gasteiger partial charge >= 0.3 is 0 Å². The lowest BCUT2D eigenvalue weighted by atomic mass is 10.3. The molecule has 3 nitrogen and oxygen atoms in total. The van der Waals surface area contributed by atoms with Gasteiger partial charge in [0.25, 0.3) is 5.91 Å². The Labute approximate surface area is 95.3 Å². The fraction of sp³-hybridized carbons (Fsp3) is 0.444. The van der Waals surface area contributed by atoms with E-state index in [0.29, 0.717) is 4.88 Å². The van der Waals surface area contributed by atoms with Crippen LogP contribution in [0.3, 0.4) is 0 Å². The number of aryl methyl sites for hydroxylation is 1. The summed E-state index contributed by atoms with van der Waals surface area (Å²) in [6.07, 6.45) is 0. The van der Waals surface area contributed by atoms with E-state index in [9.17, 15) is 4.79 Å². The van der Waals surface area contributed by atoms with Crippen molar-refractivity contribution in [1.29, 1.82) is 0 Å². The molecule has 0 spiro atoms. The van der Waals surface area contributed by atoms with E-state index in [1.54, 1.807) is 6.92 Å². The Balaban J connectivity index is 2.70. The monoisotopic (exact) mass is 277 g/mol. The summed E-state index contributed by atoms with van der Waals surface area (Å²) in [5.41, 5.74) is 1.05. The van der Waals surface area contributed by atoms with Gasteiger partial charge in [0.05, 0.1) is 15.3 Å². The zero-order chi connectivity index (χ0) is 10.7. The molecule has 1 aromatic rings. The number of aliphatic hydroxyl groups excluding tert-OH is 1. The molecular weight excluding hydrogens is 266 g/mol. The number of amides is 1. The number of aliphatic hydroxyl groups is 1. The molecule has 0 fully saturated rings. The average Bonchev–Trinajstić information content (AvgIpc) is 2.47. The van der Waals surface area contributed by atoms with Gasteiger partial charge in [-0.2, -0.15) is 0 Å². The number of thiophene rings is 1. The number of carbonyl (C=O) groups excluding carboxylic acids is 1. The van der Waals surface area contributed by atoms with Crippen molar-refractivity contribution in [3.05, 3.63) is 20.3 Å². The van der Waals surface area contributed by atoms with Gasteiger partial charge in [-0.05, 0) is 41.4 Å². The molecule has 2 N–H and O–H groups in total. The van der Waals surface area contributed by atoms with Crippen LogP contribution in [0.1, 0.15) is 22.2 Å². The summed E-state index contributed by atoms with van der Waals surface area (Å²) in [5.74, 6) is -0.134. The Hall–Kier alpha value is -0.390. The van der Waals surface area contributed by atoms with Crippen molar-refractivity contribution < 1.29 is 9.90 Å². The first-order valence-electron chi connectivity index (χ1n) is 4.22. The molecule has 0 aromatic carbocycles. The molecular formula is C9H12BrNO2S. The molecule has 0 saturated heterocycles. The van der Waals surface area contributed by atoms with Crippen LogP contribution >= 0.6 is 27.3 Å². The van der Waals surface area contributed by atoms with E-state index < -0.39 is 0 Å². The summed E-state index contributed by atoms with van der Waals surface area (Å²) in [7, 11) is 0. The van der Waals surface area contributed by atoms with Crippen LogP contribution in [0.4, 0.5) is 0 Å². The van der Waals surface area contributed by atoms with E-state index >= 15 is 0 Å². The summed E-state index contributed by atoms with van der Waals surface area (Å²) >= 11 is 4.75. The molecule has 0 bridgehead atoms. The van der Waals surface area contributed by atoms with E-state index in [4.69, 9.17) is 5.11 Å². The zero-order valence-electron chi connectivity index (χ0n) is 8.00. The first-order chi connectivity index (χ1) is 6.54. The highest BCUT2D eigenvalue weighted by Crippen LogP contribution is 2.27. The molecule has 1 atom stereocenters. The maximum absolute atomic E-state index is 11.5. The number of hydrogen-bond donors (Lipinski definition) is 2. The van der Waals surface area contributed by atoms with Gasteiger partial charge in [0.2, 0.25) is 0 Å². The van der Waals surface area contributed by atoms with E-state index in [1.165, 1.54) is 11.3 Å². The second kappa shape index (κ2) is 4.91. The van der Waals surface area contributed by atoms with Crippen LogP contribution in [-0.2, 0) is 0 Å². The van der Waals surface area contributed by atoms with Crippen LogP contribution in [0.25, 0.3) is 0 Å². The van der Waals surface area contributed by atoms with Crippen molar-refractivity contribution in [2.45, 2.75) is 19.9 Å². The van der Waals surface area contributed by atoms with Gasteiger partial charge in [-0.15, -0.1) is 11.3 Å². The molecule has 0 aliphatic rings. The van der Waals surface area contributed by atoms with Gasteiger partial charge in [-0.3, -0.25) is 4.79 Å². The SMILES string of the molecule is Cc1cc(C(=O)N[C@@H](C)CO)sc1Br. The standard InChI is InChI=1S/C9H12BrNO2S/c1-5-3-7(14-8(5)10)9(13)11-6(2)4-12/h3,6,12H,4H2,1-2H3,(H,11,13)/t6-/m0/s1. The maximum Gasteiger partial charge on any atom is 0.261 e. The number of halogens is 1. The van der Waals surface area contributed by atoms with E-state index in [0.717, 1.165) is 9.35 Å². The largest absolute Gasteiger partial charge is 0.394 e. The van der Waals surface area contributed by atoms with E-state index in [1.807, 2.05) is 13.0 Å². The minimum Gasteiger partial charge on any atom is -0.394 e. The Morgan fingerprint density at radius 2 is 2.43 bits per heavy atom. The summed E-state index contributed by atoms with van der Waals surface area (Å²) in [6, 6.07) is 1.62. The second-order valence-electron chi connectivity index (χ2n) is 3.12. The highest BCUT2D eigenvalue weighted by molar-refractivity contribution is 9.11. The molecule has 0 radical (unpaired) electrons. The van der Waals surface area contributed by atoms with Gasteiger partial charge in [0, 0.05) is 6.04 Å². The molecule has 78 valence electrons. The maximum atomic E-state index is 11.5. The smallest absolute Gasteiger partial charge is 0.261 e. The molecule has 1 aromatic heterocycles. The Morgan fingerprint density at radius 3 is 2.86 bits per heavy atom. The average molecular weight is 278 g/mol. The van der Waals surface area contributed by atoms with E-state index in [2.05, 4.69) is 21.2 Å². The van der Waals surface area contributed by atoms with Crippen LogP contribution in [0.5, 0.6) is 0 Å². The van der Waals surface area contributed by atoms with Crippen LogP contribution in [-0.4, -0.2) is 23.7 Å². The van der Waals surface area contributed by atoms with Crippen molar-refractivity contribution >= 4 is 33.2 Å². The molecule has 1 amide bonds. The zero-order valence-corrected chi connectivity index (χ0v) is 10.4. The van der Waals surface area contributed by atoms with E-state index in [-0.39, 0.29) is 18.6 Å². The highest BCUT2D eigenvalue weighted by Gasteiger charge is 2.12. The summed E-state index contributed by atoms with van der Waals surface area (Å²) in [5, 5.41) is 11.5. The molecule has 0 aliphatic carbocycles. The lowest BCUT2D eigenvalue weighted by Gasteiger charge is -2.08. The molecule has 5 heteroatoms. The van der Waals surface area contributed by atoms with Gasteiger partial charge in [0.1, 0.15) is 0 Å². The summed E-state index contributed by atoms with van der Waals surface area (Å²) in [4.78, 5) is 12.2. The first-order valence-corrected chi connectivity index (χ1v) is 5.83. The molecule has 0 saturated carbocycles. The lowest BCUT2D eigenvalue weighted by molar-refractivity contribution is 0.0926. The van der Waals surface area contributed by atoms with Gasteiger partial charge in [-0.25, -0.2) is 0 Å². The number of nitrogens with one attached hydrogen (secondary N) is 1. The van der Waals surface area contributed by atoms with Crippen LogP contribution in [0.15, 0.2) is 9.85 Å². The van der Waals surface area contributed by atoms with Crippen LogP contribution in [0.2, 0.25) is 0 Å². The lowest BCUT2D eigenvalue weighted by Crippen LogP contribution is -2.34. The fourth-order valence-corrected chi connectivity index (χ4v) is 2.35. The quantitative estimate of drug-likeness (QED) is 0.887. The third kappa shape index (κ3) is 2.80. The predicted octanol–water partition coefficient (Wildman–Crippen LogP) is 1.93. The van der Waals surface area contributed by atoms with Crippen molar-refractivity contribution in [2.24, 2.45) is 0 Å².